The molecule has 2 aromatic heterocycles. The molecule has 0 aliphatic carbocycles. The molecule has 0 radical (unpaired) electrons. The van der Waals surface area contributed by atoms with E-state index >= 15 is 0 Å². The van der Waals surface area contributed by atoms with E-state index < -0.39 is 0 Å². The second kappa shape index (κ2) is 7.31. The molecule has 4 rings (SSSR count). The Hall–Kier alpha value is -3.81. The van der Waals surface area contributed by atoms with Crippen molar-refractivity contribution >= 4 is 34.1 Å². The van der Waals surface area contributed by atoms with Crippen LogP contribution in [0.2, 0.25) is 0 Å². The van der Waals surface area contributed by atoms with E-state index in [1.54, 1.807) is 34.7 Å². The van der Waals surface area contributed by atoms with Crippen molar-refractivity contribution in [3.8, 4) is 0 Å². The SMILES string of the molecule is CCc1nnc2c(=O)n(CC(=O)Nc3cccc(C(C)=O)c3)c3ccccc3n12. The minimum atomic E-state index is -0.386. The maximum atomic E-state index is 13.0. The minimum Gasteiger partial charge on any atom is -0.325 e. The molecule has 0 fully saturated rings. The third-order valence-corrected chi connectivity index (χ3v) is 4.75. The van der Waals surface area contributed by atoms with Crippen LogP contribution in [0.3, 0.4) is 0 Å². The highest BCUT2D eigenvalue weighted by molar-refractivity contribution is 5.97. The van der Waals surface area contributed by atoms with Crippen LogP contribution in [0.15, 0.2) is 53.3 Å². The normalized spacial score (nSPS) is 11.1. The fourth-order valence-electron chi connectivity index (χ4n) is 3.37. The van der Waals surface area contributed by atoms with E-state index in [0.717, 1.165) is 5.52 Å². The van der Waals surface area contributed by atoms with E-state index in [0.29, 0.717) is 29.0 Å². The highest BCUT2D eigenvalue weighted by atomic mass is 16.2. The van der Waals surface area contributed by atoms with Crippen molar-refractivity contribution < 1.29 is 9.59 Å². The molecular formula is C21H19N5O3. The Labute approximate surface area is 165 Å². The number of anilines is 1. The zero-order chi connectivity index (χ0) is 20.5. The number of hydrogen-bond acceptors (Lipinski definition) is 5. The molecule has 0 unspecified atom stereocenters. The third kappa shape index (κ3) is 3.29. The smallest absolute Gasteiger partial charge is 0.297 e. The number of carbonyl (C=O) groups excluding carboxylic acids is 2. The Morgan fingerprint density at radius 1 is 1.03 bits per heavy atom. The van der Waals surface area contributed by atoms with Gasteiger partial charge in [-0.15, -0.1) is 10.2 Å². The number of aryl methyl sites for hydroxylation is 1. The van der Waals surface area contributed by atoms with Crippen molar-refractivity contribution in [1.29, 1.82) is 0 Å². The molecule has 1 N–H and O–H groups in total. The average molecular weight is 389 g/mol. The number of benzene rings is 2. The van der Waals surface area contributed by atoms with Crippen LogP contribution < -0.4 is 10.9 Å². The van der Waals surface area contributed by atoms with Gasteiger partial charge in [0.25, 0.3) is 5.56 Å². The average Bonchev–Trinajstić information content (AvgIpc) is 3.16. The Morgan fingerprint density at radius 2 is 1.79 bits per heavy atom. The van der Waals surface area contributed by atoms with Crippen LogP contribution in [0.25, 0.3) is 16.7 Å². The minimum absolute atomic E-state index is 0.0905. The van der Waals surface area contributed by atoms with E-state index in [2.05, 4.69) is 15.5 Å². The van der Waals surface area contributed by atoms with Gasteiger partial charge in [0.05, 0.1) is 11.0 Å². The predicted molar refractivity (Wildman–Crippen MR) is 109 cm³/mol. The van der Waals surface area contributed by atoms with E-state index in [9.17, 15) is 14.4 Å². The zero-order valence-electron chi connectivity index (χ0n) is 16.0. The molecular weight excluding hydrogens is 370 g/mol. The van der Waals surface area contributed by atoms with Gasteiger partial charge in [-0.1, -0.05) is 31.2 Å². The second-order valence-corrected chi connectivity index (χ2v) is 6.69. The van der Waals surface area contributed by atoms with Gasteiger partial charge in [-0.05, 0) is 31.2 Å². The fourth-order valence-corrected chi connectivity index (χ4v) is 3.37. The number of para-hydroxylation sites is 2. The van der Waals surface area contributed by atoms with Crippen molar-refractivity contribution in [2.45, 2.75) is 26.8 Å². The van der Waals surface area contributed by atoms with Crippen molar-refractivity contribution in [1.82, 2.24) is 19.2 Å². The highest BCUT2D eigenvalue weighted by Crippen LogP contribution is 2.16. The van der Waals surface area contributed by atoms with Crippen LogP contribution in [0.4, 0.5) is 5.69 Å². The summed E-state index contributed by atoms with van der Waals surface area (Å²) in [4.78, 5) is 37.2. The summed E-state index contributed by atoms with van der Waals surface area (Å²) in [5.74, 6) is 0.218. The van der Waals surface area contributed by atoms with Gasteiger partial charge in [-0.25, -0.2) is 0 Å². The quantitative estimate of drug-likeness (QED) is 0.529. The van der Waals surface area contributed by atoms with Gasteiger partial charge < -0.3 is 5.32 Å². The maximum Gasteiger partial charge on any atom is 0.297 e. The summed E-state index contributed by atoms with van der Waals surface area (Å²) >= 11 is 0. The van der Waals surface area contributed by atoms with Gasteiger partial charge in [-0.2, -0.15) is 0 Å². The van der Waals surface area contributed by atoms with Crippen LogP contribution in [-0.4, -0.2) is 30.9 Å². The molecule has 0 atom stereocenters. The van der Waals surface area contributed by atoms with E-state index in [4.69, 9.17) is 0 Å². The first-order valence-corrected chi connectivity index (χ1v) is 9.26. The lowest BCUT2D eigenvalue weighted by Crippen LogP contribution is -2.29. The molecule has 0 aliphatic rings. The van der Waals surface area contributed by atoms with E-state index in [-0.39, 0.29) is 29.4 Å². The van der Waals surface area contributed by atoms with Crippen LogP contribution in [0, 0.1) is 0 Å². The largest absolute Gasteiger partial charge is 0.325 e. The molecule has 8 heteroatoms. The van der Waals surface area contributed by atoms with Crippen LogP contribution >= 0.6 is 0 Å². The molecule has 0 bridgehead atoms. The fraction of sp³-hybridized carbons (Fsp3) is 0.190. The number of nitrogens with one attached hydrogen (secondary N) is 1. The third-order valence-electron chi connectivity index (χ3n) is 4.75. The van der Waals surface area contributed by atoms with Crippen LogP contribution in [-0.2, 0) is 17.8 Å². The summed E-state index contributed by atoms with van der Waals surface area (Å²) in [5, 5.41) is 10.9. The lowest BCUT2D eigenvalue weighted by atomic mass is 10.1. The summed E-state index contributed by atoms with van der Waals surface area (Å²) in [6, 6.07) is 14.0. The molecule has 0 aliphatic heterocycles. The topological polar surface area (TPSA) is 98.4 Å². The number of rotatable bonds is 5. The number of ketones is 1. The Kier molecular flexibility index (Phi) is 4.67. The number of fused-ring (bicyclic) bond motifs is 3. The summed E-state index contributed by atoms with van der Waals surface area (Å²) < 4.78 is 3.13. The Bertz CT molecular complexity index is 1320. The van der Waals surface area contributed by atoms with Crippen molar-refractivity contribution in [3.05, 3.63) is 70.3 Å². The molecule has 4 aromatic rings. The number of nitrogens with zero attached hydrogens (tertiary/aromatic N) is 4. The number of hydrogen-bond donors (Lipinski definition) is 1. The molecule has 146 valence electrons. The molecule has 1 amide bonds. The van der Waals surface area contributed by atoms with Gasteiger partial charge >= 0.3 is 0 Å². The molecule has 2 aromatic carbocycles. The van der Waals surface area contributed by atoms with E-state index in [1.165, 1.54) is 11.5 Å². The molecule has 0 saturated carbocycles. The number of aromatic nitrogens is 4. The van der Waals surface area contributed by atoms with Crippen LogP contribution in [0.1, 0.15) is 30.0 Å². The molecule has 0 saturated heterocycles. The second-order valence-electron chi connectivity index (χ2n) is 6.69. The van der Waals surface area contributed by atoms with Gasteiger partial charge in [0.15, 0.2) is 5.78 Å². The summed E-state index contributed by atoms with van der Waals surface area (Å²) in [7, 11) is 0. The lowest BCUT2D eigenvalue weighted by Gasteiger charge is -2.13. The van der Waals surface area contributed by atoms with E-state index in [1.807, 2.05) is 25.1 Å². The standard InChI is InChI=1S/C21H19N5O3/c1-3-18-23-24-20-21(29)25(16-9-4-5-10-17(16)26(18)20)12-19(28)22-15-8-6-7-14(11-15)13(2)27/h4-11H,3,12H2,1-2H3,(H,22,28). The maximum absolute atomic E-state index is 13.0. The van der Waals surface area contributed by atoms with Crippen molar-refractivity contribution in [3.63, 3.8) is 0 Å². The monoisotopic (exact) mass is 389 g/mol. The van der Waals surface area contributed by atoms with Gasteiger partial charge in [-0.3, -0.25) is 23.4 Å². The summed E-state index contributed by atoms with van der Waals surface area (Å²) in [6.07, 6.45) is 0.627. The molecule has 8 nitrogen and oxygen atoms in total. The number of amides is 1. The molecule has 0 spiro atoms. The van der Waals surface area contributed by atoms with Gasteiger partial charge in [0.1, 0.15) is 12.4 Å². The van der Waals surface area contributed by atoms with Crippen molar-refractivity contribution in [2.75, 3.05) is 5.32 Å². The first-order valence-electron chi connectivity index (χ1n) is 9.26. The first-order chi connectivity index (χ1) is 14.0. The van der Waals surface area contributed by atoms with Crippen molar-refractivity contribution in [2.24, 2.45) is 0 Å². The first kappa shape index (κ1) is 18.5. The van der Waals surface area contributed by atoms with Gasteiger partial charge in [0, 0.05) is 17.7 Å². The molecule has 2 heterocycles. The number of carbonyl (C=O) groups is 2. The summed E-state index contributed by atoms with van der Waals surface area (Å²) in [5.41, 5.74) is 2.18. The highest BCUT2D eigenvalue weighted by Gasteiger charge is 2.17. The Morgan fingerprint density at radius 3 is 2.52 bits per heavy atom. The predicted octanol–water partition coefficient (Wildman–Crippen LogP) is 2.45. The Balaban J connectivity index is 1.75. The zero-order valence-corrected chi connectivity index (χ0v) is 16.0. The number of Topliss-reactive ketones (excluding diaryl/α,β-unsaturated/α-hetero) is 1. The van der Waals surface area contributed by atoms with Crippen LogP contribution in [0.5, 0.6) is 0 Å². The van der Waals surface area contributed by atoms with Gasteiger partial charge in [0.2, 0.25) is 11.6 Å². The lowest BCUT2D eigenvalue weighted by molar-refractivity contribution is -0.116. The molecule has 29 heavy (non-hydrogen) atoms. The summed E-state index contributed by atoms with van der Waals surface area (Å²) in [6.45, 7) is 3.22.